The second-order valence-corrected chi connectivity index (χ2v) is 7.69. The molecule has 0 aliphatic heterocycles. The maximum Gasteiger partial charge on any atom is 0.341 e. The number of aryl methyl sites for hydroxylation is 2. The van der Waals surface area contributed by atoms with Crippen LogP contribution in [0.25, 0.3) is 21.8 Å². The first-order chi connectivity index (χ1) is 13.6. The van der Waals surface area contributed by atoms with Crippen molar-refractivity contribution < 1.29 is 9.53 Å². The van der Waals surface area contributed by atoms with Crippen molar-refractivity contribution in [2.45, 2.75) is 58.9 Å². The SMILES string of the molecule is CCOC(=O)c1cnc2c(c(C)nc3ccc(C)cc32)c1NC1CCCCC1. The van der Waals surface area contributed by atoms with Crippen molar-refractivity contribution in [1.82, 2.24) is 9.97 Å². The third-order valence-corrected chi connectivity index (χ3v) is 5.59. The number of ether oxygens (including phenoxy) is 1. The van der Waals surface area contributed by atoms with Crippen molar-refractivity contribution in [2.75, 3.05) is 11.9 Å². The summed E-state index contributed by atoms with van der Waals surface area (Å²) < 4.78 is 5.31. The molecule has 0 saturated heterocycles. The Morgan fingerprint density at radius 3 is 2.75 bits per heavy atom. The lowest BCUT2D eigenvalue weighted by molar-refractivity contribution is 0.0527. The molecule has 1 N–H and O–H groups in total. The number of nitrogens with zero attached hydrogens (tertiary/aromatic N) is 2. The number of pyridine rings is 2. The van der Waals surface area contributed by atoms with Crippen LogP contribution in [-0.2, 0) is 4.74 Å². The van der Waals surface area contributed by atoms with Gasteiger partial charge in [-0.2, -0.15) is 0 Å². The van der Waals surface area contributed by atoms with E-state index in [1.807, 2.05) is 19.9 Å². The number of hydrogen-bond donors (Lipinski definition) is 1. The Kier molecular flexibility index (Phi) is 5.16. The standard InChI is InChI=1S/C23H27N3O2/c1-4-28-23(27)18-13-24-21-17-12-14(2)10-11-19(17)25-15(3)20(21)22(18)26-16-8-6-5-7-9-16/h10-13,16H,4-9H2,1-3H3,(H,24,26). The van der Waals surface area contributed by atoms with E-state index in [1.54, 1.807) is 6.20 Å². The zero-order valence-electron chi connectivity index (χ0n) is 16.8. The predicted octanol–water partition coefficient (Wildman–Crippen LogP) is 5.32. The summed E-state index contributed by atoms with van der Waals surface area (Å²) in [4.78, 5) is 22.2. The minimum Gasteiger partial charge on any atom is -0.462 e. The molecule has 1 fully saturated rings. The molecule has 3 aromatic rings. The lowest BCUT2D eigenvalue weighted by Gasteiger charge is -2.26. The average Bonchev–Trinajstić information content (AvgIpc) is 2.69. The van der Waals surface area contributed by atoms with Crippen molar-refractivity contribution in [3.05, 3.63) is 41.2 Å². The van der Waals surface area contributed by atoms with Crippen LogP contribution in [0.5, 0.6) is 0 Å². The largest absolute Gasteiger partial charge is 0.462 e. The molecule has 1 aliphatic rings. The smallest absolute Gasteiger partial charge is 0.341 e. The van der Waals surface area contributed by atoms with E-state index in [0.717, 1.165) is 51.6 Å². The molecule has 4 rings (SSSR count). The topological polar surface area (TPSA) is 64.1 Å². The van der Waals surface area contributed by atoms with Crippen molar-refractivity contribution in [1.29, 1.82) is 0 Å². The number of aromatic nitrogens is 2. The normalized spacial score (nSPS) is 15.1. The number of nitrogens with one attached hydrogen (secondary N) is 1. The minimum atomic E-state index is -0.334. The quantitative estimate of drug-likeness (QED) is 0.492. The van der Waals surface area contributed by atoms with Crippen LogP contribution >= 0.6 is 0 Å². The fourth-order valence-corrected chi connectivity index (χ4v) is 4.21. The molecule has 5 heteroatoms. The van der Waals surface area contributed by atoms with Crippen LogP contribution in [0.15, 0.2) is 24.4 Å². The van der Waals surface area contributed by atoms with Crippen molar-refractivity contribution in [3.63, 3.8) is 0 Å². The molecule has 1 aliphatic carbocycles. The molecule has 0 unspecified atom stereocenters. The van der Waals surface area contributed by atoms with Gasteiger partial charge in [-0.25, -0.2) is 4.79 Å². The second kappa shape index (κ2) is 7.74. The number of carbonyl (C=O) groups is 1. The fourth-order valence-electron chi connectivity index (χ4n) is 4.21. The van der Waals surface area contributed by atoms with Crippen LogP contribution in [0.3, 0.4) is 0 Å². The Bertz CT molecular complexity index is 1040. The molecule has 0 bridgehead atoms. The van der Waals surface area contributed by atoms with Gasteiger partial charge in [-0.15, -0.1) is 0 Å². The lowest BCUT2D eigenvalue weighted by atomic mass is 9.94. The Labute approximate surface area is 165 Å². The van der Waals surface area contributed by atoms with Gasteiger partial charge in [0.1, 0.15) is 5.56 Å². The predicted molar refractivity (Wildman–Crippen MR) is 113 cm³/mol. The number of hydrogen-bond acceptors (Lipinski definition) is 5. The molecule has 2 aromatic heterocycles. The second-order valence-electron chi connectivity index (χ2n) is 7.69. The van der Waals surface area contributed by atoms with E-state index in [9.17, 15) is 4.79 Å². The van der Waals surface area contributed by atoms with Crippen LogP contribution < -0.4 is 5.32 Å². The molecule has 0 spiro atoms. The average molecular weight is 377 g/mol. The lowest BCUT2D eigenvalue weighted by Crippen LogP contribution is -2.24. The number of benzene rings is 1. The van der Waals surface area contributed by atoms with E-state index in [-0.39, 0.29) is 5.97 Å². The Hall–Kier alpha value is -2.69. The van der Waals surface area contributed by atoms with Gasteiger partial charge in [-0.1, -0.05) is 30.9 Å². The van der Waals surface area contributed by atoms with Gasteiger partial charge < -0.3 is 10.1 Å². The summed E-state index contributed by atoms with van der Waals surface area (Å²) in [5.41, 5.74) is 5.18. The van der Waals surface area contributed by atoms with Crippen molar-refractivity contribution in [2.24, 2.45) is 0 Å². The van der Waals surface area contributed by atoms with Crippen LogP contribution in [0, 0.1) is 13.8 Å². The van der Waals surface area contributed by atoms with Gasteiger partial charge in [0.2, 0.25) is 0 Å². The maximum atomic E-state index is 12.7. The number of esters is 1. The zero-order chi connectivity index (χ0) is 19.7. The van der Waals surface area contributed by atoms with E-state index in [1.165, 1.54) is 19.3 Å². The minimum absolute atomic E-state index is 0.334. The summed E-state index contributed by atoms with van der Waals surface area (Å²) >= 11 is 0. The third kappa shape index (κ3) is 3.41. The van der Waals surface area contributed by atoms with Crippen molar-refractivity contribution in [3.8, 4) is 0 Å². The first-order valence-corrected chi connectivity index (χ1v) is 10.2. The van der Waals surface area contributed by atoms with E-state index in [0.29, 0.717) is 18.2 Å². The zero-order valence-corrected chi connectivity index (χ0v) is 16.8. The summed E-state index contributed by atoms with van der Waals surface area (Å²) in [5, 5.41) is 5.61. The summed E-state index contributed by atoms with van der Waals surface area (Å²) in [5.74, 6) is -0.334. The molecule has 1 aromatic carbocycles. The Morgan fingerprint density at radius 1 is 1.21 bits per heavy atom. The number of anilines is 1. The summed E-state index contributed by atoms with van der Waals surface area (Å²) in [6.07, 6.45) is 7.61. The van der Waals surface area contributed by atoms with E-state index in [2.05, 4.69) is 29.4 Å². The highest BCUT2D eigenvalue weighted by Gasteiger charge is 2.23. The molecule has 0 radical (unpaired) electrons. The highest BCUT2D eigenvalue weighted by molar-refractivity contribution is 6.13. The number of carbonyl (C=O) groups excluding carboxylic acids is 1. The Balaban J connectivity index is 1.96. The van der Waals surface area contributed by atoms with Gasteiger partial charge >= 0.3 is 5.97 Å². The first kappa shape index (κ1) is 18.7. The first-order valence-electron chi connectivity index (χ1n) is 10.2. The highest BCUT2D eigenvalue weighted by Crippen LogP contribution is 2.35. The highest BCUT2D eigenvalue weighted by atomic mass is 16.5. The molecule has 28 heavy (non-hydrogen) atoms. The monoisotopic (exact) mass is 377 g/mol. The van der Waals surface area contributed by atoms with Crippen LogP contribution in [0.2, 0.25) is 0 Å². The van der Waals surface area contributed by atoms with Crippen molar-refractivity contribution >= 4 is 33.5 Å². The van der Waals surface area contributed by atoms with E-state index in [4.69, 9.17) is 9.72 Å². The molecular weight excluding hydrogens is 350 g/mol. The molecule has 1 saturated carbocycles. The van der Waals surface area contributed by atoms with Crippen LogP contribution in [0.1, 0.15) is 60.6 Å². The molecule has 0 atom stereocenters. The molecular formula is C23H27N3O2. The van der Waals surface area contributed by atoms with Gasteiger partial charge in [0.05, 0.1) is 23.3 Å². The maximum absolute atomic E-state index is 12.7. The molecule has 5 nitrogen and oxygen atoms in total. The van der Waals surface area contributed by atoms with E-state index < -0.39 is 0 Å². The molecule has 146 valence electrons. The Morgan fingerprint density at radius 2 is 2.00 bits per heavy atom. The number of fused-ring (bicyclic) bond motifs is 3. The third-order valence-electron chi connectivity index (χ3n) is 5.59. The fraction of sp³-hybridized carbons (Fsp3) is 0.435. The van der Waals surface area contributed by atoms with Gasteiger partial charge in [0.15, 0.2) is 0 Å². The summed E-state index contributed by atoms with van der Waals surface area (Å²) in [6, 6.07) is 6.58. The summed E-state index contributed by atoms with van der Waals surface area (Å²) in [6.45, 7) is 6.22. The molecule has 0 amide bonds. The van der Waals surface area contributed by atoms with Gasteiger partial charge in [-0.3, -0.25) is 9.97 Å². The van der Waals surface area contributed by atoms with Crippen LogP contribution in [-0.4, -0.2) is 28.6 Å². The number of rotatable bonds is 4. The van der Waals surface area contributed by atoms with Gasteiger partial charge in [-0.05, 0) is 45.7 Å². The molecule has 2 heterocycles. The van der Waals surface area contributed by atoms with Gasteiger partial charge in [0.25, 0.3) is 0 Å². The van der Waals surface area contributed by atoms with Gasteiger partial charge in [0, 0.05) is 28.7 Å². The van der Waals surface area contributed by atoms with Crippen LogP contribution in [0.4, 0.5) is 5.69 Å². The summed E-state index contributed by atoms with van der Waals surface area (Å²) in [7, 11) is 0. The van der Waals surface area contributed by atoms with E-state index >= 15 is 0 Å².